The van der Waals surface area contributed by atoms with Crippen LogP contribution in [0.4, 0.5) is 0 Å². The van der Waals surface area contributed by atoms with E-state index in [-0.39, 0.29) is 6.04 Å². The molecule has 1 fully saturated rings. The van der Waals surface area contributed by atoms with Crippen LogP contribution in [0.2, 0.25) is 5.02 Å². The van der Waals surface area contributed by atoms with Gasteiger partial charge in [-0.2, -0.15) is 0 Å². The zero-order valence-corrected chi connectivity index (χ0v) is 13.0. The zero-order chi connectivity index (χ0) is 14.4. The second-order valence-corrected chi connectivity index (χ2v) is 6.15. The average molecular weight is 297 g/mol. The van der Waals surface area contributed by atoms with Crippen molar-refractivity contribution >= 4 is 11.6 Å². The van der Waals surface area contributed by atoms with Gasteiger partial charge in [0.2, 0.25) is 0 Å². The molecule has 1 aliphatic heterocycles. The van der Waals surface area contributed by atoms with Crippen LogP contribution in [-0.2, 0) is 4.74 Å². The van der Waals surface area contributed by atoms with E-state index in [1.807, 2.05) is 24.3 Å². The number of methoxy groups -OCH3 is 1. The number of halogens is 1. The summed E-state index contributed by atoms with van der Waals surface area (Å²) in [5.74, 6) is 0.681. The molecule has 20 heavy (non-hydrogen) atoms. The van der Waals surface area contributed by atoms with E-state index < -0.39 is 0 Å². The van der Waals surface area contributed by atoms with Gasteiger partial charge >= 0.3 is 0 Å². The number of ether oxygens (including phenoxy) is 1. The van der Waals surface area contributed by atoms with Crippen molar-refractivity contribution < 1.29 is 4.74 Å². The molecule has 0 aromatic heterocycles. The first-order chi connectivity index (χ1) is 9.69. The summed E-state index contributed by atoms with van der Waals surface area (Å²) in [5.41, 5.74) is 7.43. The Hall–Kier alpha value is -0.610. The molecule has 2 N–H and O–H groups in total. The lowest BCUT2D eigenvalue weighted by molar-refractivity contribution is 0.0892. The second kappa shape index (κ2) is 7.99. The lowest BCUT2D eigenvalue weighted by atomic mass is 9.98. The minimum atomic E-state index is 0.0927. The Morgan fingerprint density at radius 1 is 1.40 bits per heavy atom. The highest BCUT2D eigenvalue weighted by atomic mass is 35.5. The molecule has 1 aliphatic rings. The van der Waals surface area contributed by atoms with Crippen LogP contribution in [0.5, 0.6) is 0 Å². The van der Waals surface area contributed by atoms with Crippen LogP contribution < -0.4 is 5.73 Å². The SMILES string of the molecule is COCC1CCCN(CCC(N)c2ccc(Cl)cc2)C1. The molecule has 1 heterocycles. The van der Waals surface area contributed by atoms with Crippen LogP contribution >= 0.6 is 11.6 Å². The molecule has 4 heteroatoms. The highest BCUT2D eigenvalue weighted by Crippen LogP contribution is 2.20. The number of benzene rings is 1. The van der Waals surface area contributed by atoms with Crippen LogP contribution in [-0.4, -0.2) is 38.3 Å². The van der Waals surface area contributed by atoms with Crippen molar-refractivity contribution in [3.63, 3.8) is 0 Å². The lowest BCUT2D eigenvalue weighted by Gasteiger charge is -2.33. The summed E-state index contributed by atoms with van der Waals surface area (Å²) in [4.78, 5) is 2.52. The summed E-state index contributed by atoms with van der Waals surface area (Å²) in [6, 6.07) is 7.96. The van der Waals surface area contributed by atoms with E-state index in [1.165, 1.54) is 24.9 Å². The summed E-state index contributed by atoms with van der Waals surface area (Å²) in [6.45, 7) is 4.26. The summed E-state index contributed by atoms with van der Waals surface area (Å²) < 4.78 is 5.27. The van der Waals surface area contributed by atoms with E-state index in [4.69, 9.17) is 22.1 Å². The fourth-order valence-electron chi connectivity index (χ4n) is 2.92. The van der Waals surface area contributed by atoms with Gasteiger partial charge in [0.15, 0.2) is 0 Å². The molecular formula is C16H25ClN2O. The number of nitrogens with zero attached hydrogens (tertiary/aromatic N) is 1. The molecule has 0 spiro atoms. The summed E-state index contributed by atoms with van der Waals surface area (Å²) >= 11 is 5.90. The van der Waals surface area contributed by atoms with Crippen LogP contribution in [0.15, 0.2) is 24.3 Å². The maximum atomic E-state index is 6.26. The topological polar surface area (TPSA) is 38.5 Å². The van der Waals surface area contributed by atoms with Gasteiger partial charge in [0.25, 0.3) is 0 Å². The van der Waals surface area contributed by atoms with E-state index in [2.05, 4.69) is 4.90 Å². The van der Waals surface area contributed by atoms with Gasteiger partial charge in [-0.1, -0.05) is 23.7 Å². The van der Waals surface area contributed by atoms with Crippen molar-refractivity contribution in [1.82, 2.24) is 4.90 Å². The fraction of sp³-hybridized carbons (Fsp3) is 0.625. The molecule has 0 bridgehead atoms. The van der Waals surface area contributed by atoms with Gasteiger partial charge < -0.3 is 15.4 Å². The van der Waals surface area contributed by atoms with E-state index in [0.717, 1.165) is 31.1 Å². The van der Waals surface area contributed by atoms with Crippen LogP contribution in [0.25, 0.3) is 0 Å². The van der Waals surface area contributed by atoms with Gasteiger partial charge in [0, 0.05) is 24.7 Å². The number of rotatable bonds is 6. The maximum absolute atomic E-state index is 6.26. The van der Waals surface area contributed by atoms with E-state index in [1.54, 1.807) is 7.11 Å². The largest absolute Gasteiger partial charge is 0.384 e. The normalized spacial score (nSPS) is 21.9. The highest BCUT2D eigenvalue weighted by Gasteiger charge is 2.20. The average Bonchev–Trinajstić information content (AvgIpc) is 2.46. The molecule has 3 nitrogen and oxygen atoms in total. The standard InChI is InChI=1S/C16H25ClN2O/c1-20-12-13-3-2-9-19(11-13)10-8-16(18)14-4-6-15(17)7-5-14/h4-7,13,16H,2-3,8-12,18H2,1H3. The number of hydrogen-bond acceptors (Lipinski definition) is 3. The molecule has 0 amide bonds. The zero-order valence-electron chi connectivity index (χ0n) is 12.2. The fourth-order valence-corrected chi connectivity index (χ4v) is 3.05. The molecule has 2 rings (SSSR count). The molecule has 2 unspecified atom stereocenters. The number of likely N-dealkylation sites (tertiary alicyclic amines) is 1. The minimum absolute atomic E-state index is 0.0927. The Bertz CT molecular complexity index is 394. The predicted molar refractivity (Wildman–Crippen MR) is 84.0 cm³/mol. The molecule has 0 aliphatic carbocycles. The summed E-state index contributed by atoms with van der Waals surface area (Å²) in [5, 5.41) is 0.763. The van der Waals surface area contributed by atoms with E-state index >= 15 is 0 Å². The number of piperidine rings is 1. The Balaban J connectivity index is 1.78. The minimum Gasteiger partial charge on any atom is -0.384 e. The summed E-state index contributed by atoms with van der Waals surface area (Å²) in [6.07, 6.45) is 3.54. The molecule has 112 valence electrons. The van der Waals surface area contributed by atoms with Crippen LogP contribution in [0, 0.1) is 5.92 Å². The predicted octanol–water partition coefficient (Wildman–Crippen LogP) is 3.09. The van der Waals surface area contributed by atoms with Gasteiger partial charge in [-0.3, -0.25) is 0 Å². The van der Waals surface area contributed by atoms with Crippen molar-refractivity contribution in [2.24, 2.45) is 11.7 Å². The first kappa shape index (κ1) is 15.8. The molecule has 1 aromatic carbocycles. The van der Waals surface area contributed by atoms with Crippen molar-refractivity contribution in [2.45, 2.75) is 25.3 Å². The van der Waals surface area contributed by atoms with Gasteiger partial charge in [0.1, 0.15) is 0 Å². The first-order valence-corrected chi connectivity index (χ1v) is 7.79. The van der Waals surface area contributed by atoms with Gasteiger partial charge in [0.05, 0.1) is 6.61 Å². The molecule has 0 saturated carbocycles. The van der Waals surface area contributed by atoms with Crippen molar-refractivity contribution in [3.8, 4) is 0 Å². The maximum Gasteiger partial charge on any atom is 0.0502 e. The van der Waals surface area contributed by atoms with Crippen molar-refractivity contribution in [1.29, 1.82) is 0 Å². The third-order valence-corrected chi connectivity index (χ3v) is 4.31. The van der Waals surface area contributed by atoms with Gasteiger partial charge in [-0.15, -0.1) is 0 Å². The van der Waals surface area contributed by atoms with E-state index in [9.17, 15) is 0 Å². The molecule has 1 aromatic rings. The van der Waals surface area contributed by atoms with Crippen molar-refractivity contribution in [3.05, 3.63) is 34.9 Å². The molecule has 1 saturated heterocycles. The number of nitrogens with two attached hydrogens (primary N) is 1. The second-order valence-electron chi connectivity index (χ2n) is 5.71. The third-order valence-electron chi connectivity index (χ3n) is 4.06. The summed E-state index contributed by atoms with van der Waals surface area (Å²) in [7, 11) is 1.79. The van der Waals surface area contributed by atoms with Gasteiger partial charge in [-0.25, -0.2) is 0 Å². The first-order valence-electron chi connectivity index (χ1n) is 7.41. The van der Waals surface area contributed by atoms with E-state index in [0.29, 0.717) is 5.92 Å². The van der Waals surface area contributed by atoms with Crippen molar-refractivity contribution in [2.75, 3.05) is 33.4 Å². The quantitative estimate of drug-likeness (QED) is 0.877. The lowest BCUT2D eigenvalue weighted by Crippen LogP contribution is -2.38. The highest BCUT2D eigenvalue weighted by molar-refractivity contribution is 6.30. The van der Waals surface area contributed by atoms with Crippen LogP contribution in [0.1, 0.15) is 30.9 Å². The molecule has 2 atom stereocenters. The third kappa shape index (κ3) is 4.74. The number of hydrogen-bond donors (Lipinski definition) is 1. The monoisotopic (exact) mass is 296 g/mol. The molecular weight excluding hydrogens is 272 g/mol. The Morgan fingerprint density at radius 3 is 2.85 bits per heavy atom. The van der Waals surface area contributed by atoms with Gasteiger partial charge in [-0.05, 0) is 56.0 Å². The smallest absolute Gasteiger partial charge is 0.0502 e. The Kier molecular flexibility index (Phi) is 6.30. The van der Waals surface area contributed by atoms with Crippen LogP contribution in [0.3, 0.4) is 0 Å². The Labute approximate surface area is 127 Å². The Morgan fingerprint density at radius 2 is 2.15 bits per heavy atom. The molecule has 0 radical (unpaired) electrons.